The number of hydrogen-bond donors (Lipinski definition) is 2. The van der Waals surface area contributed by atoms with Gasteiger partial charge < -0.3 is 15.0 Å². The lowest BCUT2D eigenvalue weighted by molar-refractivity contribution is -0.138. The second-order valence-electron chi connectivity index (χ2n) is 5.80. The van der Waals surface area contributed by atoms with Crippen LogP contribution in [0.15, 0.2) is 23.1 Å². The lowest BCUT2D eigenvalue weighted by atomic mass is 10.0. The number of halogens is 3. The van der Waals surface area contributed by atoms with E-state index in [0.717, 1.165) is 31.7 Å². The molecule has 1 saturated carbocycles. The molecule has 0 bridgehead atoms. The van der Waals surface area contributed by atoms with E-state index < -0.39 is 35.9 Å². The summed E-state index contributed by atoms with van der Waals surface area (Å²) in [5.41, 5.74) is -1.68. The highest BCUT2D eigenvalue weighted by Gasteiger charge is 2.31. The van der Waals surface area contributed by atoms with Gasteiger partial charge in [-0.2, -0.15) is 13.2 Å². The van der Waals surface area contributed by atoms with Crippen LogP contribution in [0.1, 0.15) is 31.2 Å². The fourth-order valence-electron chi connectivity index (χ4n) is 2.76. The number of carbonyl (C=O) groups is 1. The van der Waals surface area contributed by atoms with Gasteiger partial charge in [0, 0.05) is 18.8 Å². The molecule has 23 heavy (non-hydrogen) atoms. The molecule has 0 aromatic carbocycles. The van der Waals surface area contributed by atoms with Crippen LogP contribution in [0.4, 0.5) is 13.2 Å². The van der Waals surface area contributed by atoms with Crippen LogP contribution in [0.5, 0.6) is 0 Å². The molecule has 1 fully saturated rings. The molecule has 2 N–H and O–H groups in total. The number of aromatic nitrogens is 1. The van der Waals surface area contributed by atoms with Gasteiger partial charge in [-0.3, -0.25) is 9.59 Å². The Bertz CT molecular complexity index is 607. The number of aliphatic hydroxyl groups excluding tert-OH is 1. The van der Waals surface area contributed by atoms with E-state index in [4.69, 9.17) is 0 Å². The van der Waals surface area contributed by atoms with Crippen molar-refractivity contribution in [2.45, 2.75) is 44.5 Å². The zero-order valence-corrected chi connectivity index (χ0v) is 12.5. The molecule has 1 aliphatic carbocycles. The van der Waals surface area contributed by atoms with Crippen molar-refractivity contribution in [2.75, 3.05) is 6.54 Å². The van der Waals surface area contributed by atoms with Crippen LogP contribution in [0.3, 0.4) is 0 Å². The number of nitrogens with zero attached hydrogens (tertiary/aromatic N) is 1. The van der Waals surface area contributed by atoms with Crippen LogP contribution in [0, 0.1) is 5.92 Å². The van der Waals surface area contributed by atoms with Crippen LogP contribution in [0.2, 0.25) is 0 Å². The van der Waals surface area contributed by atoms with Crippen molar-refractivity contribution in [3.05, 3.63) is 34.2 Å². The normalized spacial score (nSPS) is 17.2. The third kappa shape index (κ3) is 4.82. The van der Waals surface area contributed by atoms with Gasteiger partial charge in [0.15, 0.2) is 0 Å². The number of rotatable bonds is 5. The summed E-state index contributed by atoms with van der Waals surface area (Å²) >= 11 is 0. The van der Waals surface area contributed by atoms with E-state index in [9.17, 15) is 27.9 Å². The minimum Gasteiger partial charge on any atom is -0.391 e. The SMILES string of the molecule is O=C(Cn1cc(C(F)(F)F)ccc1=O)NCC(O)C1CCCC1. The Balaban J connectivity index is 1.93. The molecule has 1 amide bonds. The molecule has 0 saturated heterocycles. The third-order valence-electron chi connectivity index (χ3n) is 4.08. The largest absolute Gasteiger partial charge is 0.417 e. The van der Waals surface area contributed by atoms with Gasteiger partial charge in [-0.05, 0) is 24.8 Å². The van der Waals surface area contributed by atoms with Crippen molar-refractivity contribution in [1.82, 2.24) is 9.88 Å². The van der Waals surface area contributed by atoms with Gasteiger partial charge in [0.05, 0.1) is 11.7 Å². The molecule has 1 aromatic heterocycles. The number of pyridine rings is 1. The number of aliphatic hydroxyl groups is 1. The Hall–Kier alpha value is -1.83. The van der Waals surface area contributed by atoms with Gasteiger partial charge in [-0.25, -0.2) is 0 Å². The molecule has 1 aromatic rings. The maximum atomic E-state index is 12.6. The minimum absolute atomic E-state index is 0.0389. The third-order valence-corrected chi connectivity index (χ3v) is 4.08. The smallest absolute Gasteiger partial charge is 0.391 e. The van der Waals surface area contributed by atoms with Crippen LogP contribution in [0.25, 0.3) is 0 Å². The Morgan fingerprint density at radius 1 is 1.35 bits per heavy atom. The summed E-state index contributed by atoms with van der Waals surface area (Å²) < 4.78 is 38.6. The molecule has 1 atom stereocenters. The fourth-order valence-corrected chi connectivity index (χ4v) is 2.76. The molecule has 5 nitrogen and oxygen atoms in total. The summed E-state index contributed by atoms with van der Waals surface area (Å²) in [4.78, 5) is 23.3. The van der Waals surface area contributed by atoms with E-state index >= 15 is 0 Å². The van der Waals surface area contributed by atoms with Gasteiger partial charge in [0.25, 0.3) is 5.56 Å². The maximum Gasteiger partial charge on any atom is 0.417 e. The second kappa shape index (κ2) is 7.16. The summed E-state index contributed by atoms with van der Waals surface area (Å²) in [6, 6.07) is 1.46. The molecule has 1 aliphatic rings. The fraction of sp³-hybridized carbons (Fsp3) is 0.600. The van der Waals surface area contributed by atoms with Gasteiger partial charge in [0.2, 0.25) is 5.91 Å². The summed E-state index contributed by atoms with van der Waals surface area (Å²) in [6.07, 6.45) is -0.710. The topological polar surface area (TPSA) is 71.3 Å². The first-order chi connectivity index (χ1) is 10.8. The van der Waals surface area contributed by atoms with Crippen molar-refractivity contribution >= 4 is 5.91 Å². The lowest BCUT2D eigenvalue weighted by Crippen LogP contribution is -2.38. The first-order valence-corrected chi connectivity index (χ1v) is 7.50. The van der Waals surface area contributed by atoms with Crippen LogP contribution in [-0.2, 0) is 17.5 Å². The van der Waals surface area contributed by atoms with E-state index in [0.29, 0.717) is 16.8 Å². The Kier molecular flexibility index (Phi) is 5.46. The van der Waals surface area contributed by atoms with E-state index in [1.165, 1.54) is 0 Å². The summed E-state index contributed by atoms with van der Waals surface area (Å²) in [5.74, 6) is -0.463. The first-order valence-electron chi connectivity index (χ1n) is 7.50. The summed E-state index contributed by atoms with van der Waals surface area (Å²) in [5, 5.41) is 12.4. The molecular weight excluding hydrogens is 313 g/mol. The standard InChI is InChI=1S/C15H19F3N2O3/c16-15(17,18)11-5-6-14(23)20(8-11)9-13(22)19-7-12(21)10-3-1-2-4-10/h5-6,8,10,12,21H,1-4,7,9H2,(H,19,22). The molecular formula is C15H19F3N2O3. The number of carbonyl (C=O) groups excluding carboxylic acids is 1. The maximum absolute atomic E-state index is 12.6. The molecule has 8 heteroatoms. The number of amides is 1. The highest BCUT2D eigenvalue weighted by atomic mass is 19.4. The van der Waals surface area contributed by atoms with Crippen molar-refractivity contribution in [3.63, 3.8) is 0 Å². The molecule has 0 aliphatic heterocycles. The van der Waals surface area contributed by atoms with Crippen molar-refractivity contribution in [2.24, 2.45) is 5.92 Å². The zero-order valence-electron chi connectivity index (χ0n) is 12.5. The van der Waals surface area contributed by atoms with Crippen LogP contribution >= 0.6 is 0 Å². The van der Waals surface area contributed by atoms with E-state index in [1.807, 2.05) is 0 Å². The number of nitrogens with one attached hydrogen (secondary N) is 1. The van der Waals surface area contributed by atoms with Crippen LogP contribution < -0.4 is 10.9 Å². The molecule has 1 heterocycles. The Labute approximate surface area is 131 Å². The van der Waals surface area contributed by atoms with E-state index in [2.05, 4.69) is 5.32 Å². The average molecular weight is 332 g/mol. The lowest BCUT2D eigenvalue weighted by Gasteiger charge is -2.18. The molecule has 0 spiro atoms. The predicted octanol–water partition coefficient (Wildman–Crippen LogP) is 1.53. The van der Waals surface area contributed by atoms with Crippen molar-refractivity contribution < 1.29 is 23.1 Å². The van der Waals surface area contributed by atoms with Gasteiger partial charge in [-0.1, -0.05) is 12.8 Å². The number of hydrogen-bond acceptors (Lipinski definition) is 3. The van der Waals surface area contributed by atoms with Gasteiger partial charge >= 0.3 is 6.18 Å². The molecule has 0 radical (unpaired) electrons. The van der Waals surface area contributed by atoms with Crippen molar-refractivity contribution in [1.29, 1.82) is 0 Å². The minimum atomic E-state index is -4.58. The van der Waals surface area contributed by atoms with E-state index in [1.54, 1.807) is 0 Å². The van der Waals surface area contributed by atoms with Gasteiger partial charge in [-0.15, -0.1) is 0 Å². The monoisotopic (exact) mass is 332 g/mol. The van der Waals surface area contributed by atoms with Crippen molar-refractivity contribution in [3.8, 4) is 0 Å². The summed E-state index contributed by atoms with van der Waals surface area (Å²) in [6.45, 7) is -0.475. The second-order valence-corrected chi connectivity index (χ2v) is 5.80. The van der Waals surface area contributed by atoms with Crippen LogP contribution in [-0.4, -0.2) is 28.2 Å². The highest BCUT2D eigenvalue weighted by molar-refractivity contribution is 5.75. The highest BCUT2D eigenvalue weighted by Crippen LogP contribution is 2.28. The first kappa shape index (κ1) is 17.5. The molecule has 128 valence electrons. The van der Waals surface area contributed by atoms with Gasteiger partial charge in [0.1, 0.15) is 6.54 Å². The Morgan fingerprint density at radius 3 is 2.61 bits per heavy atom. The molecule has 2 rings (SSSR count). The molecule has 1 unspecified atom stereocenters. The average Bonchev–Trinajstić information content (AvgIpc) is 3.00. The van der Waals surface area contributed by atoms with E-state index in [-0.39, 0.29) is 12.5 Å². The number of alkyl halides is 3. The Morgan fingerprint density at radius 2 is 2.00 bits per heavy atom. The quantitative estimate of drug-likeness (QED) is 0.859. The zero-order chi connectivity index (χ0) is 17.0. The summed E-state index contributed by atoms with van der Waals surface area (Å²) in [7, 11) is 0. The predicted molar refractivity (Wildman–Crippen MR) is 76.7 cm³/mol.